The van der Waals surface area contributed by atoms with Gasteiger partial charge in [-0.15, -0.1) is 0 Å². The van der Waals surface area contributed by atoms with Crippen LogP contribution in [0.3, 0.4) is 0 Å². The number of allylic oxidation sites excluding steroid dienone is 3. The van der Waals surface area contributed by atoms with Gasteiger partial charge in [-0.05, 0) is 54.1 Å². The molecule has 1 atom stereocenters. The molecule has 0 saturated heterocycles. The summed E-state index contributed by atoms with van der Waals surface area (Å²) < 4.78 is 0.980. The summed E-state index contributed by atoms with van der Waals surface area (Å²) >= 11 is 3.37. The molecule has 1 aliphatic rings. The summed E-state index contributed by atoms with van der Waals surface area (Å²) in [4.78, 5) is 6.60. The molecule has 1 aromatic heterocycles. The lowest BCUT2D eigenvalue weighted by Gasteiger charge is -2.31. The average molecular weight is 320 g/mol. The molecule has 0 aliphatic carbocycles. The first kappa shape index (κ1) is 13.9. The maximum Gasteiger partial charge on any atom is 0.129 e. The molecule has 4 heteroatoms. The lowest BCUT2D eigenvalue weighted by molar-refractivity contribution is 0.329. The van der Waals surface area contributed by atoms with Crippen molar-refractivity contribution >= 4 is 21.7 Å². The van der Waals surface area contributed by atoms with E-state index >= 15 is 0 Å². The fraction of sp³-hybridized carbons (Fsp3) is 0.267. The van der Waals surface area contributed by atoms with Crippen LogP contribution in [0.5, 0.6) is 0 Å². The Balaban J connectivity index is 2.00. The topological polar surface area (TPSA) is 28.2 Å². The van der Waals surface area contributed by atoms with Gasteiger partial charge < -0.3 is 10.2 Å². The summed E-state index contributed by atoms with van der Waals surface area (Å²) in [6.45, 7) is 5.36. The van der Waals surface area contributed by atoms with Gasteiger partial charge in [0.15, 0.2) is 0 Å². The fourth-order valence-electron chi connectivity index (χ4n) is 2.05. The summed E-state index contributed by atoms with van der Waals surface area (Å²) in [7, 11) is 0. The van der Waals surface area contributed by atoms with Gasteiger partial charge in [0.05, 0.1) is 0 Å². The molecule has 0 amide bonds. The fourth-order valence-corrected chi connectivity index (χ4v) is 2.28. The molecule has 1 unspecified atom stereocenters. The Morgan fingerprint density at radius 1 is 1.47 bits per heavy atom. The van der Waals surface area contributed by atoms with E-state index in [0.29, 0.717) is 6.04 Å². The first-order valence-electron chi connectivity index (χ1n) is 6.40. The second-order valence-electron chi connectivity index (χ2n) is 4.34. The van der Waals surface area contributed by atoms with Gasteiger partial charge in [0.1, 0.15) is 5.82 Å². The van der Waals surface area contributed by atoms with Gasteiger partial charge >= 0.3 is 0 Å². The molecule has 2 heterocycles. The summed E-state index contributed by atoms with van der Waals surface area (Å²) in [6.07, 6.45) is 12.2. The van der Waals surface area contributed by atoms with E-state index in [-0.39, 0.29) is 0 Å². The van der Waals surface area contributed by atoms with Gasteiger partial charge in [0, 0.05) is 35.2 Å². The standard InChI is InChI=1S/C15H18BrN3/c1-3-19-12(2)5-4-6-14(19)9-10-17-15-8-7-13(16)11-18-15/h4-12H,3H2,1-2H3,(H,17,18). The number of nitrogens with zero attached hydrogens (tertiary/aromatic N) is 2. The third kappa shape index (κ3) is 3.70. The highest BCUT2D eigenvalue weighted by Crippen LogP contribution is 2.17. The van der Waals surface area contributed by atoms with Crippen molar-refractivity contribution in [3.63, 3.8) is 0 Å². The quantitative estimate of drug-likeness (QED) is 0.911. The summed E-state index contributed by atoms with van der Waals surface area (Å²) in [5, 5.41) is 3.17. The molecular weight excluding hydrogens is 302 g/mol. The van der Waals surface area contributed by atoms with Crippen molar-refractivity contribution in [1.82, 2.24) is 9.88 Å². The van der Waals surface area contributed by atoms with Crippen LogP contribution in [0.15, 0.2) is 59.0 Å². The number of aromatic nitrogens is 1. The molecule has 19 heavy (non-hydrogen) atoms. The molecule has 0 spiro atoms. The van der Waals surface area contributed by atoms with Crippen LogP contribution in [-0.2, 0) is 0 Å². The van der Waals surface area contributed by atoms with Crippen LogP contribution in [0, 0.1) is 0 Å². The Morgan fingerprint density at radius 2 is 2.32 bits per heavy atom. The van der Waals surface area contributed by atoms with Gasteiger partial charge in [0.25, 0.3) is 0 Å². The second kappa shape index (κ2) is 6.57. The zero-order valence-electron chi connectivity index (χ0n) is 11.2. The van der Waals surface area contributed by atoms with Crippen LogP contribution >= 0.6 is 15.9 Å². The highest BCUT2D eigenvalue weighted by atomic mass is 79.9. The van der Waals surface area contributed by atoms with E-state index in [1.54, 1.807) is 6.20 Å². The smallest absolute Gasteiger partial charge is 0.129 e. The molecule has 0 aromatic carbocycles. The first-order valence-corrected chi connectivity index (χ1v) is 7.19. The highest BCUT2D eigenvalue weighted by molar-refractivity contribution is 9.10. The normalized spacial score (nSPS) is 18.8. The van der Waals surface area contributed by atoms with Gasteiger partial charge in [-0.3, -0.25) is 0 Å². The predicted molar refractivity (Wildman–Crippen MR) is 83.8 cm³/mol. The minimum absolute atomic E-state index is 0.445. The Labute approximate surface area is 122 Å². The summed E-state index contributed by atoms with van der Waals surface area (Å²) in [6, 6.07) is 4.34. The van der Waals surface area contributed by atoms with Crippen molar-refractivity contribution in [3.8, 4) is 0 Å². The van der Waals surface area contributed by atoms with Gasteiger partial charge in [-0.25, -0.2) is 4.98 Å². The van der Waals surface area contributed by atoms with Gasteiger partial charge in [0.2, 0.25) is 0 Å². The third-order valence-corrected chi connectivity index (χ3v) is 3.50. The number of hydrogen-bond donors (Lipinski definition) is 1. The lowest BCUT2D eigenvalue weighted by Crippen LogP contribution is -2.31. The molecule has 100 valence electrons. The lowest BCUT2D eigenvalue weighted by atomic mass is 10.1. The Hall–Kier alpha value is -1.55. The van der Waals surface area contributed by atoms with Crippen LogP contribution in [0.2, 0.25) is 0 Å². The van der Waals surface area contributed by atoms with Crippen molar-refractivity contribution in [1.29, 1.82) is 0 Å². The maximum absolute atomic E-state index is 4.26. The molecular formula is C15H18BrN3. The Bertz CT molecular complexity index is 503. The molecule has 1 aromatic rings. The predicted octanol–water partition coefficient (Wildman–Crippen LogP) is 3.93. The molecule has 0 bridgehead atoms. The van der Waals surface area contributed by atoms with E-state index < -0.39 is 0 Å². The Kier molecular flexibility index (Phi) is 4.80. The largest absolute Gasteiger partial charge is 0.366 e. The van der Waals surface area contributed by atoms with E-state index in [0.717, 1.165) is 16.8 Å². The summed E-state index contributed by atoms with van der Waals surface area (Å²) in [5.74, 6) is 0.836. The monoisotopic (exact) mass is 319 g/mol. The average Bonchev–Trinajstić information content (AvgIpc) is 2.41. The molecule has 0 fully saturated rings. The minimum atomic E-state index is 0.445. The molecule has 3 nitrogen and oxygen atoms in total. The van der Waals surface area contributed by atoms with Crippen LogP contribution < -0.4 is 5.32 Å². The number of halogens is 1. The Morgan fingerprint density at radius 3 is 3.00 bits per heavy atom. The van der Waals surface area contributed by atoms with E-state index in [1.807, 2.05) is 18.3 Å². The van der Waals surface area contributed by atoms with E-state index in [2.05, 4.69) is 69.3 Å². The van der Waals surface area contributed by atoms with Crippen LogP contribution in [0.1, 0.15) is 13.8 Å². The van der Waals surface area contributed by atoms with E-state index in [1.165, 1.54) is 5.70 Å². The second-order valence-corrected chi connectivity index (χ2v) is 5.26. The van der Waals surface area contributed by atoms with Gasteiger partial charge in [-0.1, -0.05) is 12.2 Å². The maximum atomic E-state index is 4.26. The van der Waals surface area contributed by atoms with Crippen LogP contribution in [0.4, 0.5) is 5.82 Å². The third-order valence-electron chi connectivity index (χ3n) is 3.03. The van der Waals surface area contributed by atoms with Crippen molar-refractivity contribution < 1.29 is 0 Å². The minimum Gasteiger partial charge on any atom is -0.366 e. The van der Waals surface area contributed by atoms with Gasteiger partial charge in [-0.2, -0.15) is 0 Å². The van der Waals surface area contributed by atoms with Crippen molar-refractivity contribution in [2.45, 2.75) is 19.9 Å². The molecule has 2 rings (SSSR count). The highest BCUT2D eigenvalue weighted by Gasteiger charge is 2.12. The molecule has 0 radical (unpaired) electrons. The summed E-state index contributed by atoms with van der Waals surface area (Å²) in [5.41, 5.74) is 1.21. The molecule has 1 N–H and O–H groups in total. The number of likely N-dealkylation sites (N-methyl/N-ethyl adjacent to an activating group) is 1. The number of hydrogen-bond acceptors (Lipinski definition) is 3. The zero-order chi connectivity index (χ0) is 13.7. The molecule has 1 aliphatic heterocycles. The molecule has 0 saturated carbocycles. The van der Waals surface area contributed by atoms with Crippen molar-refractivity contribution in [3.05, 3.63) is 59.0 Å². The number of pyridine rings is 1. The SMILES string of the molecule is CCN1C(C=CNc2ccc(Br)cn2)=CC=CC1C. The van der Waals surface area contributed by atoms with Crippen molar-refractivity contribution in [2.24, 2.45) is 0 Å². The number of anilines is 1. The van der Waals surface area contributed by atoms with Crippen LogP contribution in [0.25, 0.3) is 0 Å². The van der Waals surface area contributed by atoms with E-state index in [4.69, 9.17) is 0 Å². The van der Waals surface area contributed by atoms with Crippen LogP contribution in [-0.4, -0.2) is 22.5 Å². The van der Waals surface area contributed by atoms with E-state index in [9.17, 15) is 0 Å². The first-order chi connectivity index (χ1) is 9.20. The zero-order valence-corrected chi connectivity index (χ0v) is 12.8. The number of rotatable bonds is 4. The van der Waals surface area contributed by atoms with Crippen molar-refractivity contribution in [2.75, 3.05) is 11.9 Å². The number of nitrogens with one attached hydrogen (secondary N) is 1.